The zero-order valence-corrected chi connectivity index (χ0v) is 12.4. The third kappa shape index (κ3) is 3.10. The Morgan fingerprint density at radius 3 is 2.48 bits per heavy atom. The lowest BCUT2D eigenvalue weighted by Crippen LogP contribution is -2.31. The van der Waals surface area contributed by atoms with Crippen LogP contribution in [0.5, 0.6) is 0 Å². The molecule has 2 rings (SSSR count). The highest BCUT2D eigenvalue weighted by molar-refractivity contribution is 7.92. The molecule has 1 aromatic heterocycles. The Balaban J connectivity index is 2.44. The number of hydrogen-bond donors (Lipinski definition) is 1. The van der Waals surface area contributed by atoms with Crippen molar-refractivity contribution < 1.29 is 12.8 Å². The lowest BCUT2D eigenvalue weighted by Gasteiger charge is -2.22. The summed E-state index contributed by atoms with van der Waals surface area (Å²) in [6, 6.07) is 5.43. The molecule has 0 atom stereocenters. The van der Waals surface area contributed by atoms with Crippen LogP contribution >= 0.6 is 0 Å². The highest BCUT2D eigenvalue weighted by Gasteiger charge is 2.24. The van der Waals surface area contributed by atoms with Crippen molar-refractivity contribution in [3.05, 3.63) is 42.5 Å². The van der Waals surface area contributed by atoms with Crippen LogP contribution in [-0.2, 0) is 10.0 Å². The van der Waals surface area contributed by atoms with E-state index in [1.54, 1.807) is 14.0 Å². The second kappa shape index (κ2) is 6.04. The summed E-state index contributed by atoms with van der Waals surface area (Å²) in [7, 11) is -2.20. The fraction of sp³-hybridized carbons (Fsp3) is 0.231. The maximum Gasteiger partial charge on any atom is 0.267 e. The summed E-state index contributed by atoms with van der Waals surface area (Å²) in [4.78, 5) is 7.73. The smallest absolute Gasteiger partial charge is 0.267 e. The average molecular weight is 310 g/mol. The number of halogens is 1. The summed E-state index contributed by atoms with van der Waals surface area (Å²) in [6.07, 6.45) is 2.44. The molecule has 0 radical (unpaired) electrons. The van der Waals surface area contributed by atoms with Gasteiger partial charge in [0.2, 0.25) is 5.95 Å². The summed E-state index contributed by atoms with van der Waals surface area (Å²) in [5.74, 6) is -0.175. The quantitative estimate of drug-likeness (QED) is 0.912. The first-order valence-electron chi connectivity index (χ1n) is 6.27. The van der Waals surface area contributed by atoms with Crippen LogP contribution in [0.3, 0.4) is 0 Å². The minimum absolute atomic E-state index is 0.0485. The standard InChI is InChI=1S/C13H15FN4O2S/c1-3-18(11-6-4-5-10(14)7-11)21(19,20)12-8-16-13(15-2)17-9-12/h4-9H,3H2,1-2H3,(H,15,16,17). The topological polar surface area (TPSA) is 75.2 Å². The van der Waals surface area contributed by atoms with Crippen LogP contribution in [0.4, 0.5) is 16.0 Å². The van der Waals surface area contributed by atoms with E-state index in [2.05, 4.69) is 15.3 Å². The van der Waals surface area contributed by atoms with Crippen molar-refractivity contribution in [1.29, 1.82) is 0 Å². The molecule has 8 heteroatoms. The van der Waals surface area contributed by atoms with E-state index in [1.165, 1.54) is 36.7 Å². The Hall–Kier alpha value is -2.22. The zero-order chi connectivity index (χ0) is 15.5. The number of sulfonamides is 1. The van der Waals surface area contributed by atoms with E-state index < -0.39 is 15.8 Å². The monoisotopic (exact) mass is 310 g/mol. The van der Waals surface area contributed by atoms with E-state index in [-0.39, 0.29) is 17.1 Å². The van der Waals surface area contributed by atoms with Crippen LogP contribution in [0.15, 0.2) is 41.6 Å². The van der Waals surface area contributed by atoms with Gasteiger partial charge in [-0.05, 0) is 25.1 Å². The van der Waals surface area contributed by atoms with Crippen LogP contribution in [-0.4, -0.2) is 32.0 Å². The molecule has 1 N–H and O–H groups in total. The molecule has 0 saturated heterocycles. The Morgan fingerprint density at radius 2 is 1.95 bits per heavy atom. The number of rotatable bonds is 5. The van der Waals surface area contributed by atoms with E-state index in [0.29, 0.717) is 5.95 Å². The zero-order valence-electron chi connectivity index (χ0n) is 11.6. The molecule has 1 aromatic carbocycles. The number of hydrogen-bond acceptors (Lipinski definition) is 5. The summed E-state index contributed by atoms with van der Waals surface area (Å²) >= 11 is 0. The average Bonchev–Trinajstić information content (AvgIpc) is 2.48. The molecule has 0 fully saturated rings. The van der Waals surface area contributed by atoms with Crippen molar-refractivity contribution >= 4 is 21.7 Å². The molecule has 2 aromatic rings. The Labute approximate surface area is 122 Å². The van der Waals surface area contributed by atoms with Gasteiger partial charge in [0.1, 0.15) is 10.7 Å². The second-order valence-electron chi connectivity index (χ2n) is 4.14. The molecule has 0 aliphatic carbocycles. The fourth-order valence-electron chi connectivity index (χ4n) is 1.83. The largest absolute Gasteiger partial charge is 0.357 e. The molecule has 6 nitrogen and oxygen atoms in total. The molecule has 0 saturated carbocycles. The van der Waals surface area contributed by atoms with Gasteiger partial charge >= 0.3 is 0 Å². The van der Waals surface area contributed by atoms with Crippen LogP contribution in [0, 0.1) is 5.82 Å². The first kappa shape index (κ1) is 15.2. The maximum absolute atomic E-state index is 13.3. The van der Waals surface area contributed by atoms with Crippen LogP contribution in [0.2, 0.25) is 0 Å². The highest BCUT2D eigenvalue weighted by atomic mass is 32.2. The number of benzene rings is 1. The molecule has 0 aliphatic rings. The van der Waals surface area contributed by atoms with Gasteiger partial charge in [-0.2, -0.15) is 0 Å². The Bertz CT molecular complexity index is 719. The third-order valence-electron chi connectivity index (χ3n) is 2.82. The van der Waals surface area contributed by atoms with Gasteiger partial charge in [-0.25, -0.2) is 22.8 Å². The highest BCUT2D eigenvalue weighted by Crippen LogP contribution is 2.23. The van der Waals surface area contributed by atoms with Crippen molar-refractivity contribution in [2.24, 2.45) is 0 Å². The number of anilines is 2. The van der Waals surface area contributed by atoms with Gasteiger partial charge in [0.15, 0.2) is 0 Å². The van der Waals surface area contributed by atoms with Gasteiger partial charge in [0, 0.05) is 13.6 Å². The molecule has 0 bridgehead atoms. The van der Waals surface area contributed by atoms with Crippen molar-refractivity contribution in [3.63, 3.8) is 0 Å². The minimum atomic E-state index is -3.83. The normalized spacial score (nSPS) is 11.2. The third-order valence-corrected chi connectivity index (χ3v) is 4.68. The molecular weight excluding hydrogens is 295 g/mol. The van der Waals surface area contributed by atoms with Crippen LogP contribution in [0.1, 0.15) is 6.92 Å². The van der Waals surface area contributed by atoms with E-state index in [9.17, 15) is 12.8 Å². The van der Waals surface area contributed by atoms with Crippen LogP contribution in [0.25, 0.3) is 0 Å². The van der Waals surface area contributed by atoms with E-state index in [1.807, 2.05) is 0 Å². The lowest BCUT2D eigenvalue weighted by atomic mass is 10.3. The molecule has 0 aliphatic heterocycles. The summed E-state index contributed by atoms with van der Waals surface area (Å²) in [5, 5.41) is 2.71. The Morgan fingerprint density at radius 1 is 1.29 bits per heavy atom. The molecular formula is C13H15FN4O2S. The van der Waals surface area contributed by atoms with Crippen LogP contribution < -0.4 is 9.62 Å². The number of nitrogens with one attached hydrogen (secondary N) is 1. The number of nitrogens with zero attached hydrogens (tertiary/aromatic N) is 3. The van der Waals surface area contributed by atoms with Gasteiger partial charge in [-0.3, -0.25) is 4.31 Å². The van der Waals surface area contributed by atoms with Crippen molar-refractivity contribution in [1.82, 2.24) is 9.97 Å². The van der Waals surface area contributed by atoms with Crippen molar-refractivity contribution in [2.45, 2.75) is 11.8 Å². The molecule has 112 valence electrons. The van der Waals surface area contributed by atoms with Gasteiger partial charge in [0.05, 0.1) is 18.1 Å². The maximum atomic E-state index is 13.3. The lowest BCUT2D eigenvalue weighted by molar-refractivity contribution is 0.590. The summed E-state index contributed by atoms with van der Waals surface area (Å²) in [6.45, 7) is 1.84. The molecule has 0 unspecified atom stereocenters. The van der Waals surface area contributed by atoms with E-state index >= 15 is 0 Å². The SMILES string of the molecule is CCN(c1cccc(F)c1)S(=O)(=O)c1cnc(NC)nc1. The first-order valence-corrected chi connectivity index (χ1v) is 7.71. The van der Waals surface area contributed by atoms with Crippen molar-refractivity contribution in [2.75, 3.05) is 23.2 Å². The minimum Gasteiger partial charge on any atom is -0.357 e. The molecule has 21 heavy (non-hydrogen) atoms. The number of aromatic nitrogens is 2. The van der Waals surface area contributed by atoms with Gasteiger partial charge < -0.3 is 5.32 Å². The predicted octanol–water partition coefficient (Wildman–Crippen LogP) is 1.87. The summed E-state index contributed by atoms with van der Waals surface area (Å²) < 4.78 is 39.6. The molecule has 0 amide bonds. The molecule has 1 heterocycles. The second-order valence-corrected chi connectivity index (χ2v) is 6.00. The van der Waals surface area contributed by atoms with Gasteiger partial charge in [-0.15, -0.1) is 0 Å². The summed E-state index contributed by atoms with van der Waals surface area (Å²) in [5.41, 5.74) is 0.259. The van der Waals surface area contributed by atoms with Gasteiger partial charge in [-0.1, -0.05) is 6.07 Å². The van der Waals surface area contributed by atoms with Crippen molar-refractivity contribution in [3.8, 4) is 0 Å². The predicted molar refractivity (Wildman–Crippen MR) is 78.2 cm³/mol. The van der Waals surface area contributed by atoms with Gasteiger partial charge in [0.25, 0.3) is 10.0 Å². The van der Waals surface area contributed by atoms with E-state index in [0.717, 1.165) is 4.31 Å². The Kier molecular flexibility index (Phi) is 4.37. The van der Waals surface area contributed by atoms with E-state index in [4.69, 9.17) is 0 Å². The molecule has 0 spiro atoms. The first-order chi connectivity index (χ1) is 9.98. The fourth-order valence-corrected chi connectivity index (χ4v) is 3.19.